The molecule has 5 rings (SSSR count). The lowest BCUT2D eigenvalue weighted by atomic mass is 9.92. The Bertz CT molecular complexity index is 1530. The van der Waals surface area contributed by atoms with Crippen molar-refractivity contribution in [3.05, 3.63) is 168 Å². The number of hydrogen-bond acceptors (Lipinski definition) is 2. The van der Waals surface area contributed by atoms with Gasteiger partial charge in [0.2, 0.25) is 5.91 Å². The minimum absolute atomic E-state index is 0.115. The van der Waals surface area contributed by atoms with Crippen LogP contribution in [0, 0.1) is 5.92 Å². The second-order valence-electron chi connectivity index (χ2n) is 12.4. The fraction of sp³-hybridized carbons (Fsp3) is 0.262. The van der Waals surface area contributed by atoms with Crippen molar-refractivity contribution in [3.63, 3.8) is 0 Å². The first-order valence-corrected chi connectivity index (χ1v) is 16.2. The van der Waals surface area contributed by atoms with E-state index < -0.39 is 0 Å². The largest absolute Gasteiger partial charge is 0.342 e. The van der Waals surface area contributed by atoms with Gasteiger partial charge in [0.1, 0.15) is 0 Å². The first kappa shape index (κ1) is 31.9. The third-order valence-corrected chi connectivity index (χ3v) is 8.94. The molecule has 5 aromatic carbocycles. The number of hydrogen-bond donors (Lipinski definition) is 0. The normalized spacial score (nSPS) is 13.2. The molecule has 45 heavy (non-hydrogen) atoms. The van der Waals surface area contributed by atoms with Crippen molar-refractivity contribution < 1.29 is 4.79 Å². The van der Waals surface area contributed by atoms with Gasteiger partial charge in [-0.25, -0.2) is 0 Å². The average Bonchev–Trinajstić information content (AvgIpc) is 3.09. The molecule has 0 bridgehead atoms. The van der Waals surface area contributed by atoms with Crippen LogP contribution in [0.25, 0.3) is 11.1 Å². The van der Waals surface area contributed by atoms with Gasteiger partial charge in [0, 0.05) is 38.1 Å². The Morgan fingerprint density at radius 3 is 1.47 bits per heavy atom. The van der Waals surface area contributed by atoms with E-state index >= 15 is 0 Å². The van der Waals surface area contributed by atoms with E-state index in [-0.39, 0.29) is 23.9 Å². The quantitative estimate of drug-likeness (QED) is 0.128. The van der Waals surface area contributed by atoms with E-state index in [4.69, 9.17) is 0 Å². The van der Waals surface area contributed by atoms with Gasteiger partial charge in [-0.3, -0.25) is 9.69 Å². The number of amides is 1. The van der Waals surface area contributed by atoms with Crippen molar-refractivity contribution in [2.75, 3.05) is 7.05 Å². The summed E-state index contributed by atoms with van der Waals surface area (Å²) in [6, 6.07) is 51.7. The molecule has 0 aliphatic heterocycles. The smallest absolute Gasteiger partial charge is 0.225 e. The molecule has 0 aromatic heterocycles. The minimum atomic E-state index is -0.115. The van der Waals surface area contributed by atoms with E-state index in [1.165, 1.54) is 33.4 Å². The predicted octanol–water partition coefficient (Wildman–Crippen LogP) is 9.08. The monoisotopic (exact) mass is 594 g/mol. The molecule has 0 N–H and O–H groups in total. The van der Waals surface area contributed by atoms with Crippen molar-refractivity contribution in [1.82, 2.24) is 9.80 Å². The molecule has 0 heterocycles. The van der Waals surface area contributed by atoms with Crippen molar-refractivity contribution in [3.8, 4) is 11.1 Å². The van der Waals surface area contributed by atoms with Crippen LogP contribution in [0.1, 0.15) is 42.5 Å². The molecule has 0 aliphatic rings. The van der Waals surface area contributed by atoms with E-state index in [0.29, 0.717) is 0 Å². The third kappa shape index (κ3) is 9.26. The van der Waals surface area contributed by atoms with E-state index in [2.05, 4.69) is 158 Å². The summed E-state index contributed by atoms with van der Waals surface area (Å²) >= 11 is 0. The van der Waals surface area contributed by atoms with Crippen LogP contribution in [0.4, 0.5) is 0 Å². The lowest BCUT2D eigenvalue weighted by Gasteiger charge is -2.35. The molecule has 0 fully saturated rings. The molecule has 230 valence electrons. The number of carbonyl (C=O) groups excluding carboxylic acids is 1. The van der Waals surface area contributed by atoms with Crippen LogP contribution in [0.3, 0.4) is 0 Å². The Hall–Kier alpha value is -4.47. The number of carbonyl (C=O) groups is 1. The Kier molecular flexibility index (Phi) is 11.4. The van der Waals surface area contributed by atoms with E-state index in [1.54, 1.807) is 0 Å². The van der Waals surface area contributed by atoms with Crippen LogP contribution in [-0.2, 0) is 30.7 Å². The average molecular weight is 595 g/mol. The van der Waals surface area contributed by atoms with Crippen molar-refractivity contribution in [2.45, 2.75) is 58.3 Å². The molecule has 3 nitrogen and oxygen atoms in total. The summed E-state index contributed by atoms with van der Waals surface area (Å²) in [6.45, 7) is 5.91. The summed E-state index contributed by atoms with van der Waals surface area (Å²) in [5.74, 6) is 0.0955. The van der Waals surface area contributed by atoms with Gasteiger partial charge < -0.3 is 4.90 Å². The lowest BCUT2D eigenvalue weighted by Crippen LogP contribution is -2.43. The van der Waals surface area contributed by atoms with Crippen molar-refractivity contribution >= 4 is 5.91 Å². The zero-order valence-corrected chi connectivity index (χ0v) is 26.9. The highest BCUT2D eigenvalue weighted by Crippen LogP contribution is 2.26. The number of likely N-dealkylation sites (N-methyl/N-ethyl adjacent to an activating group) is 1. The van der Waals surface area contributed by atoms with Gasteiger partial charge in [-0.1, -0.05) is 153 Å². The fourth-order valence-corrected chi connectivity index (χ4v) is 6.21. The van der Waals surface area contributed by atoms with Crippen LogP contribution >= 0.6 is 0 Å². The van der Waals surface area contributed by atoms with Gasteiger partial charge >= 0.3 is 0 Å². The van der Waals surface area contributed by atoms with Crippen LogP contribution in [0.5, 0.6) is 0 Å². The zero-order chi connectivity index (χ0) is 31.4. The first-order valence-electron chi connectivity index (χ1n) is 16.2. The molecular formula is C42H46N2O. The second kappa shape index (κ2) is 16.0. The second-order valence-corrected chi connectivity index (χ2v) is 12.4. The molecule has 0 radical (unpaired) electrons. The van der Waals surface area contributed by atoms with Gasteiger partial charge in [-0.2, -0.15) is 0 Å². The maximum absolute atomic E-state index is 13.9. The standard InChI is InChI=1S/C42H46N2O/c1-33(42(45)43(3)34(2)29-35-16-8-4-9-17-35)28-41(30-36-24-26-40(27-25-36)39-22-14-7-15-23-39)44(31-37-18-10-5-11-19-37)32-38-20-12-6-13-21-38/h4-27,33-34,41H,28-32H2,1-3H3/t33-,34-,41+/m1/s1. The van der Waals surface area contributed by atoms with Gasteiger partial charge in [0.15, 0.2) is 0 Å². The number of rotatable bonds is 14. The summed E-state index contributed by atoms with van der Waals surface area (Å²) in [7, 11) is 1.97. The van der Waals surface area contributed by atoms with Crippen LogP contribution < -0.4 is 0 Å². The van der Waals surface area contributed by atoms with Crippen LogP contribution in [-0.4, -0.2) is 34.8 Å². The summed E-state index contributed by atoms with van der Waals surface area (Å²) in [4.78, 5) is 18.4. The molecule has 3 atom stereocenters. The molecule has 5 aromatic rings. The first-order chi connectivity index (χ1) is 22.0. The highest BCUT2D eigenvalue weighted by Gasteiger charge is 2.28. The molecule has 0 aliphatic carbocycles. The molecular weight excluding hydrogens is 548 g/mol. The topological polar surface area (TPSA) is 23.6 Å². The Morgan fingerprint density at radius 2 is 0.956 bits per heavy atom. The maximum Gasteiger partial charge on any atom is 0.225 e. The molecule has 1 amide bonds. The van der Waals surface area contributed by atoms with Gasteiger partial charge in [0.25, 0.3) is 0 Å². The highest BCUT2D eigenvalue weighted by molar-refractivity contribution is 5.78. The maximum atomic E-state index is 13.9. The van der Waals surface area contributed by atoms with Crippen molar-refractivity contribution in [2.24, 2.45) is 5.92 Å². The predicted molar refractivity (Wildman–Crippen MR) is 188 cm³/mol. The molecule has 3 heteroatoms. The van der Waals surface area contributed by atoms with Crippen LogP contribution in [0.2, 0.25) is 0 Å². The summed E-state index contributed by atoms with van der Waals surface area (Å²) < 4.78 is 0. The fourth-order valence-electron chi connectivity index (χ4n) is 6.21. The van der Waals surface area contributed by atoms with Gasteiger partial charge in [-0.15, -0.1) is 0 Å². The van der Waals surface area contributed by atoms with Crippen LogP contribution in [0.15, 0.2) is 146 Å². The summed E-state index contributed by atoms with van der Waals surface area (Å²) in [5.41, 5.74) is 7.55. The lowest BCUT2D eigenvalue weighted by molar-refractivity contribution is -0.136. The molecule has 0 saturated heterocycles. The third-order valence-electron chi connectivity index (χ3n) is 8.94. The molecule has 0 spiro atoms. The molecule has 0 saturated carbocycles. The highest BCUT2D eigenvalue weighted by atomic mass is 16.2. The summed E-state index contributed by atoms with van der Waals surface area (Å²) in [5, 5.41) is 0. The minimum Gasteiger partial charge on any atom is -0.342 e. The number of benzene rings is 5. The van der Waals surface area contributed by atoms with Crippen molar-refractivity contribution in [1.29, 1.82) is 0 Å². The van der Waals surface area contributed by atoms with Gasteiger partial charge in [0.05, 0.1) is 0 Å². The summed E-state index contributed by atoms with van der Waals surface area (Å²) in [6.07, 6.45) is 2.50. The Morgan fingerprint density at radius 1 is 0.533 bits per heavy atom. The van der Waals surface area contributed by atoms with Gasteiger partial charge in [-0.05, 0) is 59.6 Å². The Balaban J connectivity index is 1.39. The SMILES string of the molecule is C[C@H](C[C@@H](Cc1ccc(-c2ccccc2)cc1)N(Cc1ccccc1)Cc1ccccc1)C(=O)N(C)[C@H](C)Cc1ccccc1. The van der Waals surface area contributed by atoms with E-state index in [9.17, 15) is 4.79 Å². The zero-order valence-electron chi connectivity index (χ0n) is 26.9. The Labute approximate surface area is 270 Å². The number of nitrogens with zero attached hydrogens (tertiary/aromatic N) is 2. The van der Waals surface area contributed by atoms with E-state index in [1.807, 2.05) is 18.0 Å². The van der Waals surface area contributed by atoms with E-state index in [0.717, 1.165) is 32.4 Å². The molecule has 0 unspecified atom stereocenters.